The Labute approximate surface area is 182 Å². The number of sulfonamides is 1. The van der Waals surface area contributed by atoms with Crippen molar-refractivity contribution in [3.05, 3.63) is 29.7 Å². The first kappa shape index (κ1) is 23.0. The Morgan fingerprint density at radius 3 is 2.48 bits per heavy atom. The Hall–Kier alpha value is -2.66. The Bertz CT molecular complexity index is 1050. The number of methoxy groups -OCH3 is 1. The minimum absolute atomic E-state index is 0.0180. The quantitative estimate of drug-likeness (QED) is 0.581. The molecule has 3 rings (SSSR count). The van der Waals surface area contributed by atoms with Crippen molar-refractivity contribution in [2.45, 2.75) is 25.3 Å². The van der Waals surface area contributed by atoms with Crippen molar-refractivity contribution in [3.8, 4) is 0 Å². The number of aromatic nitrogens is 3. The van der Waals surface area contributed by atoms with Crippen LogP contribution in [0.2, 0.25) is 0 Å². The number of carboxylic acids is 1. The molecule has 0 unspecified atom stereocenters. The Balaban J connectivity index is 2.01. The maximum atomic E-state index is 13.1. The normalized spacial score (nSPS) is 18.1. The smallest absolute Gasteiger partial charge is 0.335 e. The number of carbonyl (C=O) groups is 1. The third-order valence-electron chi connectivity index (χ3n) is 5.70. The number of aromatic carboxylic acids is 1. The number of aryl methyl sites for hydroxylation is 2. The third-order valence-corrected chi connectivity index (χ3v) is 7.33. The molecule has 2 aromatic heterocycles. The number of hydrogen-bond acceptors (Lipinski definition) is 7. The van der Waals surface area contributed by atoms with Crippen LogP contribution in [-0.2, 0) is 21.8 Å². The Morgan fingerprint density at radius 1 is 1.32 bits per heavy atom. The summed E-state index contributed by atoms with van der Waals surface area (Å²) >= 11 is 0. The van der Waals surface area contributed by atoms with E-state index >= 15 is 0 Å². The van der Waals surface area contributed by atoms with Crippen LogP contribution >= 0.6 is 0 Å². The number of pyridine rings is 1. The van der Waals surface area contributed by atoms with Gasteiger partial charge in [0.1, 0.15) is 17.5 Å². The molecule has 0 radical (unpaired) electrons. The molecule has 2 aromatic rings. The highest BCUT2D eigenvalue weighted by Gasteiger charge is 2.35. The van der Waals surface area contributed by atoms with Crippen LogP contribution in [0.25, 0.3) is 0 Å². The second-order valence-corrected chi connectivity index (χ2v) is 9.92. The van der Waals surface area contributed by atoms with Gasteiger partial charge in [-0.25, -0.2) is 14.8 Å². The third kappa shape index (κ3) is 4.99. The van der Waals surface area contributed by atoms with Crippen molar-refractivity contribution in [3.63, 3.8) is 0 Å². The molecule has 0 spiro atoms. The predicted molar refractivity (Wildman–Crippen MR) is 116 cm³/mol. The van der Waals surface area contributed by atoms with Crippen LogP contribution in [0.5, 0.6) is 0 Å². The van der Waals surface area contributed by atoms with E-state index in [2.05, 4.69) is 16.9 Å². The summed E-state index contributed by atoms with van der Waals surface area (Å²) in [5.74, 6) is 0.908. The lowest BCUT2D eigenvalue weighted by atomic mass is 10.2. The van der Waals surface area contributed by atoms with Crippen LogP contribution in [0.3, 0.4) is 0 Å². The van der Waals surface area contributed by atoms with Crippen LogP contribution in [0.15, 0.2) is 23.4 Å². The van der Waals surface area contributed by atoms with E-state index in [4.69, 9.17) is 4.74 Å². The summed E-state index contributed by atoms with van der Waals surface area (Å²) in [5, 5.41) is 9.49. The van der Waals surface area contributed by atoms with E-state index in [0.29, 0.717) is 43.2 Å². The van der Waals surface area contributed by atoms with Gasteiger partial charge in [-0.3, -0.25) is 4.31 Å². The molecule has 0 bridgehead atoms. The maximum Gasteiger partial charge on any atom is 0.335 e. The lowest BCUT2D eigenvalue weighted by Gasteiger charge is -2.26. The van der Waals surface area contributed by atoms with Gasteiger partial charge in [-0.1, -0.05) is 6.92 Å². The van der Waals surface area contributed by atoms with Gasteiger partial charge in [0, 0.05) is 40.5 Å². The van der Waals surface area contributed by atoms with E-state index in [0.717, 1.165) is 10.7 Å². The molecule has 2 atom stereocenters. The molecule has 11 heteroatoms. The zero-order valence-corrected chi connectivity index (χ0v) is 19.3. The summed E-state index contributed by atoms with van der Waals surface area (Å²) in [4.78, 5) is 22.3. The van der Waals surface area contributed by atoms with Crippen LogP contribution in [0.1, 0.15) is 29.5 Å². The fraction of sp³-hybridized carbons (Fsp3) is 0.550. The summed E-state index contributed by atoms with van der Waals surface area (Å²) in [6.07, 6.45) is 2.52. The van der Waals surface area contributed by atoms with Gasteiger partial charge in [0.05, 0.1) is 12.2 Å². The number of anilines is 2. The molecule has 2 heterocycles. The Kier molecular flexibility index (Phi) is 6.56. The molecule has 1 aliphatic rings. The van der Waals surface area contributed by atoms with E-state index in [9.17, 15) is 18.3 Å². The summed E-state index contributed by atoms with van der Waals surface area (Å²) in [5.41, 5.74) is -0.0366. The molecule has 1 aliphatic carbocycles. The molecule has 1 saturated carbocycles. The average Bonchev–Trinajstić information content (AvgIpc) is 3.31. The number of imidazole rings is 1. The molecule has 0 aromatic carbocycles. The highest BCUT2D eigenvalue weighted by Crippen LogP contribution is 2.39. The molecule has 1 fully saturated rings. The first-order valence-corrected chi connectivity index (χ1v) is 11.5. The zero-order valence-electron chi connectivity index (χ0n) is 18.4. The Morgan fingerprint density at radius 2 is 1.97 bits per heavy atom. The minimum Gasteiger partial charge on any atom is -0.478 e. The van der Waals surface area contributed by atoms with Gasteiger partial charge in [0.2, 0.25) is 0 Å². The lowest BCUT2D eigenvalue weighted by Crippen LogP contribution is -2.32. The molecule has 31 heavy (non-hydrogen) atoms. The SMILES string of the molecule is COCCN(C[C@@H]1C[C@H]1C)c1cc(C(=O)O)cc(N(C)S(=O)(=O)c2cn(C)c(C)n2)n1. The monoisotopic (exact) mass is 451 g/mol. The van der Waals surface area contributed by atoms with Gasteiger partial charge in [0.25, 0.3) is 10.0 Å². The van der Waals surface area contributed by atoms with Gasteiger partial charge in [-0.05, 0) is 37.3 Å². The van der Waals surface area contributed by atoms with E-state index < -0.39 is 16.0 Å². The van der Waals surface area contributed by atoms with Gasteiger partial charge < -0.3 is 19.3 Å². The molecular formula is C20H29N5O5S. The summed E-state index contributed by atoms with van der Waals surface area (Å²) in [6, 6.07) is 2.73. The van der Waals surface area contributed by atoms with Crippen molar-refractivity contribution < 1.29 is 23.1 Å². The summed E-state index contributed by atoms with van der Waals surface area (Å²) in [6.45, 7) is 5.53. The topological polar surface area (TPSA) is 118 Å². The maximum absolute atomic E-state index is 13.1. The molecule has 0 amide bonds. The number of ether oxygens (including phenoxy) is 1. The van der Waals surface area contributed by atoms with E-state index in [1.165, 1.54) is 25.4 Å². The average molecular weight is 452 g/mol. The predicted octanol–water partition coefficient (Wildman–Crippen LogP) is 1.76. The second kappa shape index (κ2) is 8.83. The number of nitrogens with zero attached hydrogens (tertiary/aromatic N) is 5. The molecule has 1 N–H and O–H groups in total. The van der Waals surface area contributed by atoms with Crippen LogP contribution in [0.4, 0.5) is 11.6 Å². The fourth-order valence-corrected chi connectivity index (χ4v) is 4.46. The molecule has 0 saturated heterocycles. The highest BCUT2D eigenvalue weighted by atomic mass is 32.2. The molecule has 10 nitrogen and oxygen atoms in total. The van der Waals surface area contributed by atoms with Gasteiger partial charge in [0.15, 0.2) is 5.03 Å². The van der Waals surface area contributed by atoms with Crippen molar-refractivity contribution in [1.29, 1.82) is 0 Å². The lowest BCUT2D eigenvalue weighted by molar-refractivity contribution is 0.0696. The van der Waals surface area contributed by atoms with E-state index in [1.807, 2.05) is 4.90 Å². The first-order chi connectivity index (χ1) is 14.5. The fourth-order valence-electron chi connectivity index (χ4n) is 3.30. The van der Waals surface area contributed by atoms with Crippen molar-refractivity contribution in [1.82, 2.24) is 14.5 Å². The second-order valence-electron chi connectivity index (χ2n) is 8.00. The van der Waals surface area contributed by atoms with E-state index in [1.54, 1.807) is 25.6 Å². The largest absolute Gasteiger partial charge is 0.478 e. The molecule has 170 valence electrons. The van der Waals surface area contributed by atoms with Crippen molar-refractivity contribution >= 4 is 27.6 Å². The minimum atomic E-state index is -4.01. The highest BCUT2D eigenvalue weighted by molar-refractivity contribution is 7.92. The van der Waals surface area contributed by atoms with E-state index in [-0.39, 0.29) is 16.4 Å². The number of carboxylic acid groups (broad SMARTS) is 1. The first-order valence-electron chi connectivity index (χ1n) is 10.0. The summed E-state index contributed by atoms with van der Waals surface area (Å²) < 4.78 is 34.0. The summed E-state index contributed by atoms with van der Waals surface area (Å²) in [7, 11) is 0.635. The van der Waals surface area contributed by atoms with Gasteiger partial charge >= 0.3 is 5.97 Å². The van der Waals surface area contributed by atoms with Crippen LogP contribution < -0.4 is 9.21 Å². The molecular weight excluding hydrogens is 422 g/mol. The van der Waals surface area contributed by atoms with Crippen LogP contribution in [0, 0.1) is 18.8 Å². The standard InChI is InChI=1S/C20H29N5O5S/c1-13-8-16(13)11-25(6-7-30-5)18-10-15(20(26)27)9-17(22-18)24(4)31(28,29)19-12-23(3)14(2)21-19/h9-10,12-13,16H,6-8,11H2,1-5H3,(H,26,27)/t13-,16+/m1/s1. The van der Waals surface area contributed by atoms with Crippen molar-refractivity contribution in [2.24, 2.45) is 18.9 Å². The van der Waals surface area contributed by atoms with Crippen molar-refractivity contribution in [2.75, 3.05) is 43.1 Å². The molecule has 0 aliphatic heterocycles. The zero-order chi connectivity index (χ0) is 22.9. The number of hydrogen-bond donors (Lipinski definition) is 1. The van der Waals surface area contributed by atoms with Gasteiger partial charge in [-0.2, -0.15) is 8.42 Å². The van der Waals surface area contributed by atoms with Gasteiger partial charge in [-0.15, -0.1) is 0 Å². The van der Waals surface area contributed by atoms with Crippen LogP contribution in [-0.4, -0.2) is 67.9 Å². The number of rotatable bonds is 10.